The van der Waals surface area contributed by atoms with Gasteiger partial charge in [-0.25, -0.2) is 4.68 Å². The number of primary amides is 1. The van der Waals surface area contributed by atoms with Crippen molar-refractivity contribution in [2.45, 2.75) is 12.5 Å². The van der Waals surface area contributed by atoms with Gasteiger partial charge in [0, 0.05) is 21.8 Å². The quantitative estimate of drug-likeness (QED) is 0.613. The summed E-state index contributed by atoms with van der Waals surface area (Å²) in [5.41, 5.74) is 7.55. The molecule has 29 heavy (non-hydrogen) atoms. The lowest BCUT2D eigenvalue weighted by Crippen LogP contribution is -2.35. The van der Waals surface area contributed by atoms with Crippen LogP contribution in [0.1, 0.15) is 22.8 Å². The number of aromatic nitrogens is 2. The Morgan fingerprint density at radius 2 is 1.83 bits per heavy atom. The van der Waals surface area contributed by atoms with Gasteiger partial charge < -0.3 is 16.4 Å². The van der Waals surface area contributed by atoms with Crippen molar-refractivity contribution in [3.63, 3.8) is 0 Å². The lowest BCUT2D eigenvalue weighted by atomic mass is 10.1. The number of carbonyl (C=O) groups excluding carboxylic acids is 3. The van der Waals surface area contributed by atoms with Crippen LogP contribution in [0.3, 0.4) is 0 Å². The summed E-state index contributed by atoms with van der Waals surface area (Å²) in [7, 11) is 0. The number of nitrogens with two attached hydrogens (primary N) is 1. The molecule has 1 aliphatic rings. The first-order valence-electron chi connectivity index (χ1n) is 8.76. The highest BCUT2D eigenvalue weighted by Crippen LogP contribution is 2.34. The van der Waals surface area contributed by atoms with Crippen LogP contribution in [0.15, 0.2) is 54.7 Å². The molecule has 0 radical (unpaired) electrons. The molecule has 2 heterocycles. The molecule has 0 spiro atoms. The molecule has 4 rings (SSSR count). The fraction of sp³-hybridized carbons (Fsp3) is 0.100. The molecule has 3 amide bonds. The summed E-state index contributed by atoms with van der Waals surface area (Å²) >= 11 is 5.94. The number of amides is 3. The highest BCUT2D eigenvalue weighted by molar-refractivity contribution is 6.30. The Bertz CT molecular complexity index is 1110. The third-order valence-electron chi connectivity index (χ3n) is 4.62. The number of fused-ring (bicyclic) bond motifs is 1. The number of anilines is 2. The van der Waals surface area contributed by atoms with E-state index in [4.69, 9.17) is 17.3 Å². The Morgan fingerprint density at radius 3 is 2.48 bits per heavy atom. The van der Waals surface area contributed by atoms with E-state index in [-0.39, 0.29) is 12.3 Å². The number of nitrogens with one attached hydrogen (secondary N) is 2. The lowest BCUT2D eigenvalue weighted by Gasteiger charge is -2.24. The Labute approximate surface area is 170 Å². The van der Waals surface area contributed by atoms with Gasteiger partial charge in [-0.2, -0.15) is 5.10 Å². The monoisotopic (exact) mass is 409 g/mol. The van der Waals surface area contributed by atoms with E-state index in [1.165, 1.54) is 16.8 Å². The van der Waals surface area contributed by atoms with Crippen LogP contribution in [0.5, 0.6) is 0 Å². The molecular formula is C20H16ClN5O3. The molecule has 3 aromatic rings. The van der Waals surface area contributed by atoms with Crippen LogP contribution < -0.4 is 16.4 Å². The molecule has 0 aliphatic carbocycles. The van der Waals surface area contributed by atoms with Gasteiger partial charge in [0.25, 0.3) is 0 Å². The SMILES string of the molecule is NC(=O)c1ccc(NC(=O)C2CC(=O)Nc3c(-c4ccc(Cl)cc4)cnn32)cc1. The molecule has 1 unspecified atom stereocenters. The maximum absolute atomic E-state index is 12.8. The van der Waals surface area contributed by atoms with Gasteiger partial charge in [0.2, 0.25) is 17.7 Å². The zero-order valence-corrected chi connectivity index (χ0v) is 15.8. The number of hydrogen-bond donors (Lipinski definition) is 3. The first-order chi connectivity index (χ1) is 13.9. The molecular weight excluding hydrogens is 394 g/mol. The van der Waals surface area contributed by atoms with Crippen molar-refractivity contribution in [2.75, 3.05) is 10.6 Å². The van der Waals surface area contributed by atoms with Crippen LogP contribution in [-0.2, 0) is 9.59 Å². The fourth-order valence-electron chi connectivity index (χ4n) is 3.16. The van der Waals surface area contributed by atoms with E-state index < -0.39 is 17.9 Å². The zero-order chi connectivity index (χ0) is 20.5. The van der Waals surface area contributed by atoms with Gasteiger partial charge in [0.15, 0.2) is 0 Å². The average Bonchev–Trinajstić information content (AvgIpc) is 3.12. The molecule has 9 heteroatoms. The van der Waals surface area contributed by atoms with Crippen molar-refractivity contribution in [1.29, 1.82) is 0 Å². The van der Waals surface area contributed by atoms with E-state index in [0.29, 0.717) is 27.7 Å². The van der Waals surface area contributed by atoms with Crippen LogP contribution in [0, 0.1) is 0 Å². The third kappa shape index (κ3) is 3.70. The van der Waals surface area contributed by atoms with Gasteiger partial charge in [-0.3, -0.25) is 14.4 Å². The minimum absolute atomic E-state index is 0.0417. The van der Waals surface area contributed by atoms with E-state index in [2.05, 4.69) is 15.7 Å². The molecule has 0 saturated carbocycles. The highest BCUT2D eigenvalue weighted by Gasteiger charge is 2.33. The topological polar surface area (TPSA) is 119 Å². The van der Waals surface area contributed by atoms with E-state index in [1.807, 2.05) is 12.1 Å². The molecule has 1 aliphatic heterocycles. The van der Waals surface area contributed by atoms with E-state index in [9.17, 15) is 14.4 Å². The fourth-order valence-corrected chi connectivity index (χ4v) is 3.28. The summed E-state index contributed by atoms with van der Waals surface area (Å²) in [6.07, 6.45) is 1.56. The second kappa shape index (κ2) is 7.40. The highest BCUT2D eigenvalue weighted by atomic mass is 35.5. The summed E-state index contributed by atoms with van der Waals surface area (Å²) in [6, 6.07) is 12.5. The molecule has 1 aromatic heterocycles. The molecule has 2 aromatic carbocycles. The van der Waals surface area contributed by atoms with Crippen LogP contribution >= 0.6 is 11.6 Å². The molecule has 0 bridgehead atoms. The van der Waals surface area contributed by atoms with E-state index in [1.54, 1.807) is 30.5 Å². The van der Waals surface area contributed by atoms with Crippen LogP contribution in [0.4, 0.5) is 11.5 Å². The summed E-state index contributed by atoms with van der Waals surface area (Å²) in [5.74, 6) is -0.772. The first kappa shape index (κ1) is 18.7. The summed E-state index contributed by atoms with van der Waals surface area (Å²) in [6.45, 7) is 0. The summed E-state index contributed by atoms with van der Waals surface area (Å²) in [5, 5.41) is 10.4. The van der Waals surface area contributed by atoms with Gasteiger partial charge in [-0.05, 0) is 42.0 Å². The van der Waals surface area contributed by atoms with Gasteiger partial charge in [0.05, 0.1) is 12.6 Å². The van der Waals surface area contributed by atoms with Crippen LogP contribution in [-0.4, -0.2) is 27.5 Å². The number of nitrogens with zero attached hydrogens (tertiary/aromatic N) is 2. The minimum atomic E-state index is -0.810. The Balaban J connectivity index is 1.61. The summed E-state index contributed by atoms with van der Waals surface area (Å²) < 4.78 is 1.50. The van der Waals surface area contributed by atoms with Crippen LogP contribution in [0.25, 0.3) is 11.1 Å². The van der Waals surface area contributed by atoms with E-state index >= 15 is 0 Å². The zero-order valence-electron chi connectivity index (χ0n) is 15.1. The van der Waals surface area contributed by atoms with Gasteiger partial charge in [0.1, 0.15) is 11.9 Å². The summed E-state index contributed by atoms with van der Waals surface area (Å²) in [4.78, 5) is 36.2. The largest absolute Gasteiger partial charge is 0.366 e. The van der Waals surface area contributed by atoms with Gasteiger partial charge >= 0.3 is 0 Å². The molecule has 0 saturated heterocycles. The number of benzene rings is 2. The van der Waals surface area contributed by atoms with Crippen molar-refractivity contribution in [3.8, 4) is 11.1 Å². The van der Waals surface area contributed by atoms with Crippen molar-refractivity contribution in [1.82, 2.24) is 9.78 Å². The van der Waals surface area contributed by atoms with Crippen molar-refractivity contribution in [3.05, 3.63) is 65.3 Å². The number of rotatable bonds is 4. The predicted octanol–water partition coefficient (Wildman–Crippen LogP) is 2.82. The van der Waals surface area contributed by atoms with Gasteiger partial charge in [-0.15, -0.1) is 0 Å². The average molecular weight is 410 g/mol. The molecule has 0 fully saturated rings. The van der Waals surface area contributed by atoms with Crippen molar-refractivity contribution >= 4 is 40.8 Å². The Morgan fingerprint density at radius 1 is 1.14 bits per heavy atom. The lowest BCUT2D eigenvalue weighted by molar-refractivity contribution is -0.125. The standard InChI is InChI=1S/C20H16ClN5O3/c21-13-5-1-11(2-6-13)15-10-23-26-16(9-17(27)25-19(15)26)20(29)24-14-7-3-12(4-8-14)18(22)28/h1-8,10,16H,9H2,(H2,22,28)(H,24,29)(H,25,27). The molecule has 1 atom stereocenters. The maximum Gasteiger partial charge on any atom is 0.249 e. The van der Waals surface area contributed by atoms with Gasteiger partial charge in [-0.1, -0.05) is 23.7 Å². The number of carbonyl (C=O) groups is 3. The van der Waals surface area contributed by atoms with Crippen molar-refractivity contribution in [2.24, 2.45) is 5.73 Å². The predicted molar refractivity (Wildman–Crippen MR) is 109 cm³/mol. The third-order valence-corrected chi connectivity index (χ3v) is 4.87. The second-order valence-electron chi connectivity index (χ2n) is 6.56. The minimum Gasteiger partial charge on any atom is -0.366 e. The second-order valence-corrected chi connectivity index (χ2v) is 6.99. The van der Waals surface area contributed by atoms with Crippen molar-refractivity contribution < 1.29 is 14.4 Å². The molecule has 146 valence electrons. The Kier molecular flexibility index (Phi) is 4.77. The van der Waals surface area contributed by atoms with E-state index in [0.717, 1.165) is 5.56 Å². The number of hydrogen-bond acceptors (Lipinski definition) is 4. The molecule has 4 N–H and O–H groups in total. The number of halogens is 1. The normalized spacial score (nSPS) is 15.3. The maximum atomic E-state index is 12.8. The first-order valence-corrected chi connectivity index (χ1v) is 9.14. The van der Waals surface area contributed by atoms with Crippen LogP contribution in [0.2, 0.25) is 5.02 Å². The molecule has 8 nitrogen and oxygen atoms in total. The Hall–Kier alpha value is -3.65. The smallest absolute Gasteiger partial charge is 0.249 e.